The first-order valence-corrected chi connectivity index (χ1v) is 7.83. The summed E-state index contributed by atoms with van der Waals surface area (Å²) in [7, 11) is -1.99. The smallest absolute Gasteiger partial charge is 0.251 e. The van der Waals surface area contributed by atoms with Gasteiger partial charge in [-0.25, -0.2) is 8.42 Å². The minimum atomic E-state index is -3.52. The minimum absolute atomic E-state index is 0.108. The van der Waals surface area contributed by atoms with Gasteiger partial charge in [0.2, 0.25) is 10.0 Å². The van der Waals surface area contributed by atoms with Crippen molar-refractivity contribution in [2.24, 2.45) is 0 Å². The summed E-state index contributed by atoms with van der Waals surface area (Å²) in [5, 5.41) is 2.49. The molecule has 110 valence electrons. The van der Waals surface area contributed by atoms with Crippen molar-refractivity contribution >= 4 is 15.9 Å². The quantitative estimate of drug-likeness (QED) is 0.879. The Balaban J connectivity index is 2.23. The van der Waals surface area contributed by atoms with E-state index >= 15 is 0 Å². The van der Waals surface area contributed by atoms with E-state index in [1.165, 1.54) is 35.6 Å². The Labute approximate surface area is 118 Å². The normalized spacial score (nSPS) is 20.6. The number of carbonyl (C=O) groups is 1. The van der Waals surface area contributed by atoms with Gasteiger partial charge in [0, 0.05) is 25.7 Å². The first-order chi connectivity index (χ1) is 9.45. The van der Waals surface area contributed by atoms with Crippen LogP contribution in [0.15, 0.2) is 29.2 Å². The molecule has 1 unspecified atom stereocenters. The second kappa shape index (κ2) is 5.90. The molecule has 1 saturated heterocycles. The standard InChI is InChI=1S/C13H18N2O4S/c1-10-9-15(7-8-19-10)20(17,18)12-5-3-11(4-6-12)13(16)14-2/h3-6,10H,7-9H2,1-2H3,(H,14,16). The van der Waals surface area contributed by atoms with Crippen molar-refractivity contribution in [2.75, 3.05) is 26.7 Å². The fourth-order valence-corrected chi connectivity index (χ4v) is 3.58. The number of sulfonamides is 1. The third kappa shape index (κ3) is 3.00. The molecule has 0 bridgehead atoms. The average Bonchev–Trinajstić information content (AvgIpc) is 2.46. The zero-order chi connectivity index (χ0) is 14.8. The summed E-state index contributed by atoms with van der Waals surface area (Å²) in [4.78, 5) is 11.6. The van der Waals surface area contributed by atoms with E-state index in [9.17, 15) is 13.2 Å². The van der Waals surface area contributed by atoms with Crippen molar-refractivity contribution in [1.29, 1.82) is 0 Å². The highest BCUT2D eigenvalue weighted by molar-refractivity contribution is 7.89. The van der Waals surface area contributed by atoms with Gasteiger partial charge >= 0.3 is 0 Å². The van der Waals surface area contributed by atoms with E-state index in [1.54, 1.807) is 0 Å². The van der Waals surface area contributed by atoms with Crippen LogP contribution < -0.4 is 5.32 Å². The summed E-state index contributed by atoms with van der Waals surface area (Å²) in [6.45, 7) is 2.94. The molecule has 1 fully saturated rings. The highest BCUT2D eigenvalue weighted by atomic mass is 32.2. The molecule has 0 saturated carbocycles. The maximum atomic E-state index is 12.5. The van der Waals surface area contributed by atoms with Crippen LogP contribution in [0.3, 0.4) is 0 Å². The van der Waals surface area contributed by atoms with Crippen molar-refractivity contribution in [3.05, 3.63) is 29.8 Å². The highest BCUT2D eigenvalue weighted by Gasteiger charge is 2.29. The molecule has 20 heavy (non-hydrogen) atoms. The molecule has 1 atom stereocenters. The molecule has 6 nitrogen and oxygen atoms in total. The van der Waals surface area contributed by atoms with Gasteiger partial charge in [-0.05, 0) is 31.2 Å². The molecule has 0 aromatic heterocycles. The highest BCUT2D eigenvalue weighted by Crippen LogP contribution is 2.19. The van der Waals surface area contributed by atoms with Crippen LogP contribution in [-0.2, 0) is 14.8 Å². The number of hydrogen-bond donors (Lipinski definition) is 1. The van der Waals surface area contributed by atoms with Gasteiger partial charge in [0.1, 0.15) is 0 Å². The molecular weight excluding hydrogens is 280 g/mol. The van der Waals surface area contributed by atoms with Crippen molar-refractivity contribution in [2.45, 2.75) is 17.9 Å². The predicted octanol–water partition coefficient (Wildman–Crippen LogP) is 0.456. The zero-order valence-corrected chi connectivity index (χ0v) is 12.3. The third-order valence-corrected chi connectivity index (χ3v) is 5.06. The number of nitrogens with one attached hydrogen (secondary N) is 1. The summed E-state index contributed by atoms with van der Waals surface area (Å²) in [5.41, 5.74) is 0.432. The first kappa shape index (κ1) is 15.0. The van der Waals surface area contributed by atoms with Crippen molar-refractivity contribution in [3.63, 3.8) is 0 Å². The average molecular weight is 298 g/mol. The zero-order valence-electron chi connectivity index (χ0n) is 11.5. The van der Waals surface area contributed by atoms with E-state index in [1.807, 2.05) is 6.92 Å². The molecule has 1 aromatic rings. The maximum Gasteiger partial charge on any atom is 0.251 e. The van der Waals surface area contributed by atoms with E-state index in [0.29, 0.717) is 25.3 Å². The first-order valence-electron chi connectivity index (χ1n) is 6.39. The van der Waals surface area contributed by atoms with Gasteiger partial charge in [-0.1, -0.05) is 0 Å². The van der Waals surface area contributed by atoms with Crippen LogP contribution in [0, 0.1) is 0 Å². The summed E-state index contributed by atoms with van der Waals surface area (Å²) >= 11 is 0. The van der Waals surface area contributed by atoms with Gasteiger partial charge in [0.15, 0.2) is 0 Å². The molecule has 0 radical (unpaired) electrons. The van der Waals surface area contributed by atoms with Crippen molar-refractivity contribution in [3.8, 4) is 0 Å². The van der Waals surface area contributed by atoms with Gasteiger partial charge in [-0.2, -0.15) is 4.31 Å². The molecule has 1 aromatic carbocycles. The fourth-order valence-electron chi connectivity index (χ4n) is 2.08. The number of morpholine rings is 1. The molecule has 1 aliphatic rings. The van der Waals surface area contributed by atoms with Crippen LogP contribution in [-0.4, -0.2) is 51.5 Å². The molecule has 7 heteroatoms. The fraction of sp³-hybridized carbons (Fsp3) is 0.462. The van der Waals surface area contributed by atoms with E-state index in [4.69, 9.17) is 4.74 Å². The monoisotopic (exact) mass is 298 g/mol. The Morgan fingerprint density at radius 2 is 2.00 bits per heavy atom. The van der Waals surface area contributed by atoms with Crippen LogP contribution in [0.1, 0.15) is 17.3 Å². The number of nitrogens with zero attached hydrogens (tertiary/aromatic N) is 1. The van der Waals surface area contributed by atoms with Gasteiger partial charge < -0.3 is 10.1 Å². The number of carbonyl (C=O) groups excluding carboxylic acids is 1. The molecular formula is C13H18N2O4S. The lowest BCUT2D eigenvalue weighted by Gasteiger charge is -2.30. The predicted molar refractivity (Wildman–Crippen MR) is 74.0 cm³/mol. The summed E-state index contributed by atoms with van der Waals surface area (Å²) < 4.78 is 31.7. The third-order valence-electron chi connectivity index (χ3n) is 3.19. The molecule has 1 aliphatic heterocycles. The lowest BCUT2D eigenvalue weighted by atomic mass is 10.2. The largest absolute Gasteiger partial charge is 0.376 e. The van der Waals surface area contributed by atoms with E-state index in [2.05, 4.69) is 5.32 Å². The number of hydrogen-bond acceptors (Lipinski definition) is 4. The van der Waals surface area contributed by atoms with Crippen LogP contribution >= 0.6 is 0 Å². The molecule has 2 rings (SSSR count). The summed E-state index contributed by atoms with van der Waals surface area (Å²) in [6.07, 6.45) is -0.108. The number of rotatable bonds is 3. The molecule has 0 aliphatic carbocycles. The topological polar surface area (TPSA) is 75.7 Å². The number of benzene rings is 1. The lowest BCUT2D eigenvalue weighted by Crippen LogP contribution is -2.44. The Kier molecular flexibility index (Phi) is 4.42. The summed E-state index contributed by atoms with van der Waals surface area (Å²) in [6, 6.07) is 5.94. The van der Waals surface area contributed by atoms with Gasteiger partial charge in [-0.15, -0.1) is 0 Å². The summed E-state index contributed by atoms with van der Waals surface area (Å²) in [5.74, 6) is -0.242. The van der Waals surface area contributed by atoms with Crippen LogP contribution in [0.25, 0.3) is 0 Å². The number of amides is 1. The van der Waals surface area contributed by atoms with Crippen LogP contribution in [0.5, 0.6) is 0 Å². The van der Waals surface area contributed by atoms with E-state index in [0.717, 1.165) is 0 Å². The molecule has 1 amide bonds. The van der Waals surface area contributed by atoms with Crippen LogP contribution in [0.2, 0.25) is 0 Å². The second-order valence-corrected chi connectivity index (χ2v) is 6.59. The van der Waals surface area contributed by atoms with Crippen molar-refractivity contribution < 1.29 is 17.9 Å². The molecule has 1 N–H and O–H groups in total. The Hall–Kier alpha value is -1.44. The molecule has 1 heterocycles. The number of ether oxygens (including phenoxy) is 1. The van der Waals surface area contributed by atoms with Gasteiger partial charge in [0.25, 0.3) is 5.91 Å². The van der Waals surface area contributed by atoms with E-state index in [-0.39, 0.29) is 16.9 Å². The maximum absolute atomic E-state index is 12.5. The minimum Gasteiger partial charge on any atom is -0.376 e. The Morgan fingerprint density at radius 3 is 2.55 bits per heavy atom. The van der Waals surface area contributed by atoms with Crippen LogP contribution in [0.4, 0.5) is 0 Å². The molecule has 0 spiro atoms. The Bertz CT molecular complexity index is 583. The SMILES string of the molecule is CNC(=O)c1ccc(S(=O)(=O)N2CCOC(C)C2)cc1. The van der Waals surface area contributed by atoms with E-state index < -0.39 is 10.0 Å². The van der Waals surface area contributed by atoms with Crippen molar-refractivity contribution in [1.82, 2.24) is 9.62 Å². The Morgan fingerprint density at radius 1 is 1.35 bits per heavy atom. The van der Waals surface area contributed by atoms with Gasteiger partial charge in [-0.3, -0.25) is 4.79 Å². The lowest BCUT2D eigenvalue weighted by molar-refractivity contribution is 0.0102. The second-order valence-electron chi connectivity index (χ2n) is 4.65. The van der Waals surface area contributed by atoms with Gasteiger partial charge in [0.05, 0.1) is 17.6 Å².